The van der Waals surface area contributed by atoms with Crippen molar-refractivity contribution in [2.45, 2.75) is 87.7 Å². The van der Waals surface area contributed by atoms with Crippen molar-refractivity contribution in [3.8, 4) is 11.3 Å². The lowest BCUT2D eigenvalue weighted by Crippen LogP contribution is -2.79. The molecule has 0 aromatic carbocycles. The van der Waals surface area contributed by atoms with Gasteiger partial charge in [0.25, 0.3) is 0 Å². The molecule has 8 rings (SSSR count). The Hall–Kier alpha value is -2.21. The van der Waals surface area contributed by atoms with Crippen LogP contribution in [0.5, 0.6) is 0 Å². The number of pyridine rings is 1. The molecule has 5 fully saturated rings. The van der Waals surface area contributed by atoms with Gasteiger partial charge in [0, 0.05) is 68.8 Å². The van der Waals surface area contributed by atoms with Gasteiger partial charge in [0.1, 0.15) is 18.2 Å². The fourth-order valence-corrected chi connectivity index (χ4v) is 7.79. The zero-order valence-corrected chi connectivity index (χ0v) is 24.6. The molecule has 0 unspecified atom stereocenters. The van der Waals surface area contributed by atoms with Crippen LogP contribution in [0.4, 0.5) is 13.2 Å². The van der Waals surface area contributed by atoms with Crippen LogP contribution in [0.3, 0.4) is 0 Å². The molecule has 5 aliphatic rings. The van der Waals surface area contributed by atoms with Crippen molar-refractivity contribution < 1.29 is 22.6 Å². The maximum absolute atomic E-state index is 14.1. The van der Waals surface area contributed by atoms with Crippen molar-refractivity contribution in [1.82, 2.24) is 24.0 Å². The van der Waals surface area contributed by atoms with E-state index < -0.39 is 19.8 Å². The van der Waals surface area contributed by atoms with Crippen LogP contribution < -0.4 is 0 Å². The van der Waals surface area contributed by atoms with Gasteiger partial charge in [0.05, 0.1) is 30.0 Å². The molecule has 1 saturated heterocycles. The molecule has 4 heterocycles. The first-order valence-corrected chi connectivity index (χ1v) is 18.2. The summed E-state index contributed by atoms with van der Waals surface area (Å²) in [5, 5.41) is 0.0955. The molecule has 1 aliphatic heterocycles. The summed E-state index contributed by atoms with van der Waals surface area (Å²) in [6, 6.07) is 2.57. The summed E-state index contributed by atoms with van der Waals surface area (Å²) in [6.07, 6.45) is 6.00. The minimum atomic E-state index is -4.49. The Balaban J connectivity index is 1.17. The van der Waals surface area contributed by atoms with E-state index in [0.29, 0.717) is 23.8 Å². The van der Waals surface area contributed by atoms with E-state index in [9.17, 15) is 13.2 Å². The molecular formula is C29H38F3N5O2Si. The van der Waals surface area contributed by atoms with E-state index in [1.807, 2.05) is 0 Å². The third kappa shape index (κ3) is 4.53. The molecule has 4 aliphatic carbocycles. The molecule has 0 N–H and O–H groups in total. The highest BCUT2D eigenvalue weighted by Gasteiger charge is 2.71. The Morgan fingerprint density at radius 3 is 2.45 bits per heavy atom. The molecule has 2 bridgehead atoms. The lowest BCUT2D eigenvalue weighted by molar-refractivity contribution is -0.221. The first-order chi connectivity index (χ1) is 19.0. The lowest BCUT2D eigenvalue weighted by Gasteiger charge is -2.74. The molecule has 0 amide bonds. The predicted octanol–water partition coefficient (Wildman–Crippen LogP) is 6.07. The van der Waals surface area contributed by atoms with Crippen LogP contribution in [-0.4, -0.2) is 70.5 Å². The number of ether oxygens (including phenoxy) is 2. The van der Waals surface area contributed by atoms with E-state index in [1.165, 1.54) is 4.57 Å². The first-order valence-electron chi connectivity index (χ1n) is 14.5. The molecular weight excluding hydrogens is 535 g/mol. The summed E-state index contributed by atoms with van der Waals surface area (Å²) in [5.41, 5.74) is 1.33. The molecule has 3 aromatic rings. The Bertz CT molecular complexity index is 1410. The van der Waals surface area contributed by atoms with Crippen molar-refractivity contribution in [2.24, 2.45) is 0 Å². The van der Waals surface area contributed by atoms with Crippen molar-refractivity contribution in [3.63, 3.8) is 0 Å². The van der Waals surface area contributed by atoms with Crippen molar-refractivity contribution >= 4 is 19.1 Å². The third-order valence-electron chi connectivity index (χ3n) is 9.38. The number of alkyl halides is 3. The molecule has 7 nitrogen and oxygen atoms in total. The van der Waals surface area contributed by atoms with Crippen LogP contribution in [-0.2, 0) is 27.9 Å². The molecule has 40 heavy (non-hydrogen) atoms. The fraction of sp³-hybridized carbons (Fsp3) is 0.655. The maximum atomic E-state index is 14.1. The van der Waals surface area contributed by atoms with Crippen LogP contribution >= 0.6 is 0 Å². The van der Waals surface area contributed by atoms with Crippen LogP contribution in [0.1, 0.15) is 49.4 Å². The van der Waals surface area contributed by atoms with Crippen molar-refractivity contribution in [3.05, 3.63) is 36.0 Å². The predicted molar refractivity (Wildman–Crippen MR) is 149 cm³/mol. The van der Waals surface area contributed by atoms with E-state index >= 15 is 0 Å². The van der Waals surface area contributed by atoms with Gasteiger partial charge in [-0.2, -0.15) is 13.2 Å². The Morgan fingerprint density at radius 2 is 1.80 bits per heavy atom. The monoisotopic (exact) mass is 573 g/mol. The Morgan fingerprint density at radius 1 is 1.07 bits per heavy atom. The van der Waals surface area contributed by atoms with Crippen molar-refractivity contribution in [2.75, 3.05) is 32.9 Å². The zero-order valence-electron chi connectivity index (χ0n) is 23.6. The SMILES string of the molecule is C[Si](C)(C)CCOCn1cc(C(F)(F)F)c2cc(-c3cn(C45CC(N6CCOCC6)(C4)C5)c(C4CC4)n3)cnc21. The summed E-state index contributed by atoms with van der Waals surface area (Å²) in [6.45, 7) is 10.9. The fourth-order valence-electron chi connectivity index (χ4n) is 7.03. The van der Waals surface area contributed by atoms with Crippen LogP contribution in [0.2, 0.25) is 25.7 Å². The number of aromatic nitrogens is 4. The topological polar surface area (TPSA) is 57.3 Å². The zero-order chi connectivity index (χ0) is 27.9. The standard InChI is InChI=1S/C29H38F3N5O2Si/c1-40(2,3)11-10-39-19-35-14-23(29(30,31)32)22-12-21(13-33-26(22)35)24-15-37(25(34-24)20-4-5-20)28-16-27(17-28,18-28)36-6-8-38-9-7-36/h12-15,20H,4-11,16-19H2,1-3H3. The smallest absolute Gasteiger partial charge is 0.379 e. The number of imidazole rings is 1. The molecule has 4 saturated carbocycles. The summed E-state index contributed by atoms with van der Waals surface area (Å²) >= 11 is 0. The Kier molecular flexibility index (Phi) is 6.10. The molecule has 0 radical (unpaired) electrons. The van der Waals surface area contributed by atoms with Gasteiger partial charge >= 0.3 is 6.18 Å². The number of rotatable bonds is 9. The van der Waals surface area contributed by atoms with E-state index in [-0.39, 0.29) is 28.8 Å². The van der Waals surface area contributed by atoms with Crippen molar-refractivity contribution in [1.29, 1.82) is 0 Å². The minimum Gasteiger partial charge on any atom is -0.379 e. The normalized spacial score (nSPS) is 27.1. The van der Waals surface area contributed by atoms with E-state index in [2.05, 4.69) is 40.3 Å². The Labute approximate surface area is 233 Å². The third-order valence-corrected chi connectivity index (χ3v) is 11.1. The van der Waals surface area contributed by atoms with Gasteiger partial charge in [-0.05, 0) is 44.2 Å². The summed E-state index contributed by atoms with van der Waals surface area (Å²) in [4.78, 5) is 12.1. The average molecular weight is 574 g/mol. The van der Waals surface area contributed by atoms with Gasteiger partial charge in [-0.3, -0.25) is 4.90 Å². The second-order valence-corrected chi connectivity index (χ2v) is 19.3. The quantitative estimate of drug-likeness (QED) is 0.230. The summed E-state index contributed by atoms with van der Waals surface area (Å²) in [5.74, 6) is 1.54. The van der Waals surface area contributed by atoms with E-state index in [0.717, 1.165) is 76.5 Å². The highest BCUT2D eigenvalue weighted by atomic mass is 28.3. The number of nitrogens with zero attached hydrogens (tertiary/aromatic N) is 5. The largest absolute Gasteiger partial charge is 0.418 e. The van der Waals surface area contributed by atoms with Gasteiger partial charge in [0.15, 0.2) is 0 Å². The van der Waals surface area contributed by atoms with E-state index in [4.69, 9.17) is 14.5 Å². The minimum absolute atomic E-state index is 0.0529. The van der Waals surface area contributed by atoms with E-state index in [1.54, 1.807) is 12.3 Å². The average Bonchev–Trinajstić information content (AvgIpc) is 3.49. The molecule has 0 atom stereocenters. The molecule has 0 spiro atoms. The highest BCUT2D eigenvalue weighted by Crippen LogP contribution is 2.69. The number of halogens is 3. The molecule has 3 aromatic heterocycles. The maximum Gasteiger partial charge on any atom is 0.418 e. The number of fused-ring (bicyclic) bond motifs is 1. The number of morpholine rings is 1. The van der Waals surface area contributed by atoms with Crippen LogP contribution in [0, 0.1) is 0 Å². The van der Waals surface area contributed by atoms with Crippen LogP contribution in [0.15, 0.2) is 24.7 Å². The summed E-state index contributed by atoms with van der Waals surface area (Å²) < 4.78 is 57.5. The second kappa shape index (κ2) is 9.14. The molecule has 11 heteroatoms. The van der Waals surface area contributed by atoms with Gasteiger partial charge in [-0.1, -0.05) is 19.6 Å². The second-order valence-electron chi connectivity index (χ2n) is 13.7. The van der Waals surface area contributed by atoms with Gasteiger partial charge in [-0.25, -0.2) is 9.97 Å². The van der Waals surface area contributed by atoms with Gasteiger partial charge in [0.2, 0.25) is 0 Å². The highest BCUT2D eigenvalue weighted by molar-refractivity contribution is 6.76. The number of hydrogen-bond donors (Lipinski definition) is 0. The van der Waals surface area contributed by atoms with Gasteiger partial charge in [-0.15, -0.1) is 0 Å². The first kappa shape index (κ1) is 26.7. The van der Waals surface area contributed by atoms with Gasteiger partial charge < -0.3 is 18.6 Å². The summed E-state index contributed by atoms with van der Waals surface area (Å²) in [7, 11) is -1.29. The number of hydrogen-bond acceptors (Lipinski definition) is 5. The lowest BCUT2D eigenvalue weighted by atomic mass is 9.43. The van der Waals surface area contributed by atoms with Crippen LogP contribution in [0.25, 0.3) is 22.3 Å². The molecule has 216 valence electrons.